The number of halogens is 1. The number of rotatable bonds is 7. The summed E-state index contributed by atoms with van der Waals surface area (Å²) in [5, 5.41) is 4.78. The number of hydrogen-bond acceptors (Lipinski definition) is 4. The number of fused-ring (bicyclic) bond motifs is 1. The SMILES string of the molecule is COc1ccc2c(CC(=O)NC[C@H](c3ccccc3Cl)N3CCCC3)coc2c1. The standard InChI is InChI=1S/C23H25ClN2O3/c1-28-17-8-9-18-16(15-29-22(18)13-17)12-23(27)25-14-21(26-10-4-5-11-26)19-6-2-3-7-20(19)24/h2-3,6-9,13,15,21H,4-5,10-12,14H2,1H3,(H,25,27)/t21-/m1/s1. The van der Waals surface area contributed by atoms with Gasteiger partial charge in [-0.15, -0.1) is 0 Å². The van der Waals surface area contributed by atoms with Gasteiger partial charge < -0.3 is 14.5 Å². The van der Waals surface area contributed by atoms with E-state index < -0.39 is 0 Å². The highest BCUT2D eigenvalue weighted by Gasteiger charge is 2.25. The molecule has 0 unspecified atom stereocenters. The van der Waals surface area contributed by atoms with E-state index in [0.29, 0.717) is 6.54 Å². The minimum atomic E-state index is -0.0280. The summed E-state index contributed by atoms with van der Waals surface area (Å²) >= 11 is 6.46. The normalized spacial score (nSPS) is 15.5. The number of carbonyl (C=O) groups excluding carboxylic acids is 1. The summed E-state index contributed by atoms with van der Waals surface area (Å²) in [6.45, 7) is 2.59. The molecule has 1 atom stereocenters. The molecule has 1 N–H and O–H groups in total. The zero-order chi connectivity index (χ0) is 20.2. The summed E-state index contributed by atoms with van der Waals surface area (Å²) in [6, 6.07) is 13.6. The van der Waals surface area contributed by atoms with Crippen LogP contribution < -0.4 is 10.1 Å². The topological polar surface area (TPSA) is 54.7 Å². The molecule has 1 aromatic heterocycles. The van der Waals surface area contributed by atoms with Crippen molar-refractivity contribution in [1.29, 1.82) is 0 Å². The molecule has 152 valence electrons. The van der Waals surface area contributed by atoms with Crippen molar-refractivity contribution in [2.24, 2.45) is 0 Å². The van der Waals surface area contributed by atoms with Gasteiger partial charge in [0, 0.05) is 28.6 Å². The minimum absolute atomic E-state index is 0.0280. The van der Waals surface area contributed by atoms with Crippen molar-refractivity contribution in [1.82, 2.24) is 10.2 Å². The molecule has 5 nitrogen and oxygen atoms in total. The van der Waals surface area contributed by atoms with E-state index in [1.165, 1.54) is 12.8 Å². The van der Waals surface area contributed by atoms with Gasteiger partial charge in [-0.05, 0) is 49.7 Å². The Kier molecular flexibility index (Phi) is 6.07. The second kappa shape index (κ2) is 8.89. The smallest absolute Gasteiger partial charge is 0.224 e. The van der Waals surface area contributed by atoms with Crippen LogP contribution in [0, 0.1) is 0 Å². The van der Waals surface area contributed by atoms with Crippen molar-refractivity contribution >= 4 is 28.5 Å². The van der Waals surface area contributed by atoms with Gasteiger partial charge in [0.05, 0.1) is 25.8 Å². The van der Waals surface area contributed by atoms with Crippen LogP contribution >= 0.6 is 11.6 Å². The first-order chi connectivity index (χ1) is 14.2. The Hall–Kier alpha value is -2.50. The van der Waals surface area contributed by atoms with Crippen molar-refractivity contribution in [2.75, 3.05) is 26.7 Å². The Morgan fingerprint density at radius 3 is 2.79 bits per heavy atom. The fourth-order valence-corrected chi connectivity index (χ4v) is 4.27. The fraction of sp³-hybridized carbons (Fsp3) is 0.348. The summed E-state index contributed by atoms with van der Waals surface area (Å²) in [6.07, 6.45) is 4.28. The molecule has 0 radical (unpaired) electrons. The van der Waals surface area contributed by atoms with E-state index in [9.17, 15) is 4.79 Å². The Labute approximate surface area is 175 Å². The average molecular weight is 413 g/mol. The molecule has 3 aromatic rings. The maximum absolute atomic E-state index is 12.7. The molecule has 1 aliphatic heterocycles. The first kappa shape index (κ1) is 19.8. The molecule has 1 saturated heterocycles. The summed E-state index contributed by atoms with van der Waals surface area (Å²) < 4.78 is 10.8. The third-order valence-corrected chi connectivity index (χ3v) is 5.90. The van der Waals surface area contributed by atoms with Crippen LogP contribution in [-0.2, 0) is 11.2 Å². The monoisotopic (exact) mass is 412 g/mol. The lowest BCUT2D eigenvalue weighted by Gasteiger charge is -2.29. The van der Waals surface area contributed by atoms with E-state index >= 15 is 0 Å². The molecule has 0 spiro atoms. The van der Waals surface area contributed by atoms with Crippen LogP contribution in [0.2, 0.25) is 5.02 Å². The second-order valence-electron chi connectivity index (χ2n) is 7.38. The van der Waals surface area contributed by atoms with Crippen molar-refractivity contribution in [3.63, 3.8) is 0 Å². The Balaban J connectivity index is 1.45. The summed E-state index contributed by atoms with van der Waals surface area (Å²) in [7, 11) is 1.62. The number of carbonyl (C=O) groups is 1. The van der Waals surface area contributed by atoms with Gasteiger partial charge in [0.25, 0.3) is 0 Å². The number of nitrogens with one attached hydrogen (secondary N) is 1. The first-order valence-electron chi connectivity index (χ1n) is 9.95. The van der Waals surface area contributed by atoms with Gasteiger partial charge in [-0.25, -0.2) is 0 Å². The van der Waals surface area contributed by atoms with Crippen molar-refractivity contribution in [3.8, 4) is 5.75 Å². The second-order valence-corrected chi connectivity index (χ2v) is 7.79. The van der Waals surface area contributed by atoms with Crippen molar-refractivity contribution in [3.05, 3.63) is 64.9 Å². The van der Waals surface area contributed by atoms with Gasteiger partial charge in [-0.1, -0.05) is 29.8 Å². The molecule has 2 aromatic carbocycles. The molecular weight excluding hydrogens is 388 g/mol. The van der Waals surface area contributed by atoms with E-state index in [4.69, 9.17) is 20.8 Å². The van der Waals surface area contributed by atoms with Crippen LogP contribution in [0.3, 0.4) is 0 Å². The van der Waals surface area contributed by atoms with Gasteiger partial charge >= 0.3 is 0 Å². The third-order valence-electron chi connectivity index (χ3n) is 5.55. The average Bonchev–Trinajstić information content (AvgIpc) is 3.40. The lowest BCUT2D eigenvalue weighted by molar-refractivity contribution is -0.120. The number of amides is 1. The molecule has 0 saturated carbocycles. The molecule has 1 aliphatic rings. The molecule has 6 heteroatoms. The van der Waals surface area contributed by atoms with Crippen LogP contribution in [0.25, 0.3) is 11.0 Å². The Morgan fingerprint density at radius 1 is 1.24 bits per heavy atom. The lowest BCUT2D eigenvalue weighted by atomic mass is 10.0. The van der Waals surface area contributed by atoms with Crippen LogP contribution in [-0.4, -0.2) is 37.6 Å². The number of nitrogens with zero attached hydrogens (tertiary/aromatic N) is 1. The van der Waals surface area contributed by atoms with Gasteiger partial charge in [-0.3, -0.25) is 9.69 Å². The largest absolute Gasteiger partial charge is 0.497 e. The number of benzene rings is 2. The number of ether oxygens (including phenoxy) is 1. The van der Waals surface area contributed by atoms with Crippen LogP contribution in [0.4, 0.5) is 0 Å². The zero-order valence-corrected chi connectivity index (χ0v) is 17.2. The molecule has 4 rings (SSSR count). The van der Waals surface area contributed by atoms with E-state index in [0.717, 1.165) is 46.0 Å². The van der Waals surface area contributed by atoms with Gasteiger partial charge in [-0.2, -0.15) is 0 Å². The van der Waals surface area contributed by atoms with Crippen molar-refractivity contribution < 1.29 is 13.9 Å². The fourth-order valence-electron chi connectivity index (χ4n) is 4.01. The van der Waals surface area contributed by atoms with Gasteiger partial charge in [0.2, 0.25) is 5.91 Å². The van der Waals surface area contributed by atoms with E-state index in [2.05, 4.69) is 16.3 Å². The number of methoxy groups -OCH3 is 1. The predicted octanol–water partition coefficient (Wildman–Crippen LogP) is 4.59. The zero-order valence-electron chi connectivity index (χ0n) is 16.5. The number of likely N-dealkylation sites (tertiary alicyclic amines) is 1. The quantitative estimate of drug-likeness (QED) is 0.616. The maximum atomic E-state index is 12.7. The first-order valence-corrected chi connectivity index (χ1v) is 10.3. The van der Waals surface area contributed by atoms with Crippen LogP contribution in [0.15, 0.2) is 53.1 Å². The Bertz CT molecular complexity index is 995. The molecule has 1 fully saturated rings. The summed E-state index contributed by atoms with van der Waals surface area (Å²) in [5.74, 6) is 0.704. The van der Waals surface area contributed by atoms with E-state index in [1.807, 2.05) is 36.4 Å². The summed E-state index contributed by atoms with van der Waals surface area (Å²) in [4.78, 5) is 15.1. The van der Waals surface area contributed by atoms with Gasteiger partial charge in [0.15, 0.2) is 0 Å². The molecule has 0 bridgehead atoms. The molecular formula is C23H25ClN2O3. The highest BCUT2D eigenvalue weighted by molar-refractivity contribution is 6.31. The highest BCUT2D eigenvalue weighted by atomic mass is 35.5. The summed E-state index contributed by atoms with van der Waals surface area (Å²) in [5.41, 5.74) is 2.66. The highest BCUT2D eigenvalue weighted by Crippen LogP contribution is 2.30. The predicted molar refractivity (Wildman–Crippen MR) is 114 cm³/mol. The Morgan fingerprint density at radius 2 is 2.03 bits per heavy atom. The maximum Gasteiger partial charge on any atom is 0.224 e. The number of hydrogen-bond donors (Lipinski definition) is 1. The molecule has 29 heavy (non-hydrogen) atoms. The lowest BCUT2D eigenvalue weighted by Crippen LogP contribution is -2.37. The van der Waals surface area contributed by atoms with Crippen LogP contribution in [0.1, 0.15) is 30.0 Å². The third kappa shape index (κ3) is 4.41. The van der Waals surface area contributed by atoms with Crippen LogP contribution in [0.5, 0.6) is 5.75 Å². The molecule has 1 amide bonds. The van der Waals surface area contributed by atoms with E-state index in [-0.39, 0.29) is 18.4 Å². The minimum Gasteiger partial charge on any atom is -0.497 e. The van der Waals surface area contributed by atoms with Gasteiger partial charge in [0.1, 0.15) is 11.3 Å². The number of furan rings is 1. The van der Waals surface area contributed by atoms with E-state index in [1.54, 1.807) is 13.4 Å². The molecule has 2 heterocycles. The molecule has 0 aliphatic carbocycles. The van der Waals surface area contributed by atoms with Crippen molar-refractivity contribution in [2.45, 2.75) is 25.3 Å².